The fraction of sp³-hybridized carbons (Fsp3) is 1.00. The van der Waals surface area contributed by atoms with Crippen molar-refractivity contribution in [3.63, 3.8) is 0 Å². The monoisotopic (exact) mass is 98.1 g/mol. The van der Waals surface area contributed by atoms with E-state index in [0.29, 0.717) is 12.6 Å². The van der Waals surface area contributed by atoms with Gasteiger partial charge in [0.1, 0.15) is 0 Å². The summed E-state index contributed by atoms with van der Waals surface area (Å²) >= 11 is 0. The molecule has 0 aromatic heterocycles. The van der Waals surface area contributed by atoms with Crippen molar-refractivity contribution >= 4 is 31.4 Å². The molecule has 0 saturated heterocycles. The summed E-state index contributed by atoms with van der Waals surface area (Å²) in [5.74, 6) is -0.306. The van der Waals surface area contributed by atoms with Gasteiger partial charge < -0.3 is 0 Å². The van der Waals surface area contributed by atoms with E-state index in [1.807, 2.05) is 0 Å². The summed E-state index contributed by atoms with van der Waals surface area (Å²) in [6.45, 7) is 0. The van der Waals surface area contributed by atoms with Crippen molar-refractivity contribution in [2.24, 2.45) is 0 Å². The Bertz CT molecular complexity index is 48.0. The van der Waals surface area contributed by atoms with Crippen LogP contribution in [0.5, 0.6) is 0 Å². The maximum absolute atomic E-state index is 5.40. The summed E-state index contributed by atoms with van der Waals surface area (Å²) in [6, 6.07) is 0. The maximum Gasteiger partial charge on any atom is 0.0682 e. The molecule has 0 amide bonds. The maximum atomic E-state index is 5.40. The minimum absolute atomic E-state index is 0.153. The number of hydrogen-bond donors (Lipinski definition) is 0. The van der Waals surface area contributed by atoms with Crippen LogP contribution in [0.3, 0.4) is 0 Å². The van der Waals surface area contributed by atoms with E-state index in [9.17, 15) is 0 Å². The lowest BCUT2D eigenvalue weighted by Crippen LogP contribution is -2.01. The zero-order valence-electron chi connectivity index (χ0n) is 4.88. The molecular formula is C4H6B4. The minimum atomic E-state index is -0.153. The highest BCUT2D eigenvalue weighted by atomic mass is 14.0. The largest absolute Gasteiger partial charge is 0.0940 e. The standard InChI is InChI=1S/C4H6B4/c5-1-3(7)4(8)2-6/h3-4H,1-2H2. The van der Waals surface area contributed by atoms with Crippen LogP contribution in [-0.2, 0) is 0 Å². The highest BCUT2D eigenvalue weighted by molar-refractivity contribution is 6.27. The second kappa shape index (κ2) is 4.17. The van der Waals surface area contributed by atoms with Crippen LogP contribution in [-0.4, -0.2) is 31.4 Å². The molecule has 0 spiro atoms. The van der Waals surface area contributed by atoms with Gasteiger partial charge in [0.05, 0.1) is 31.4 Å². The second-order valence-corrected chi connectivity index (χ2v) is 1.80. The third kappa shape index (κ3) is 2.54. The molecule has 0 N–H and O–H groups in total. The Morgan fingerprint density at radius 2 is 1.12 bits per heavy atom. The van der Waals surface area contributed by atoms with Gasteiger partial charge in [-0.2, -0.15) is 0 Å². The first-order valence-electron chi connectivity index (χ1n) is 2.63. The lowest BCUT2D eigenvalue weighted by Gasteiger charge is -2.16. The summed E-state index contributed by atoms with van der Waals surface area (Å²) in [4.78, 5) is 0. The Hall–Kier alpha value is 0.260. The molecule has 4 heteroatoms. The van der Waals surface area contributed by atoms with E-state index < -0.39 is 0 Å². The fourth-order valence-corrected chi connectivity index (χ4v) is 0.350. The van der Waals surface area contributed by atoms with Crippen LogP contribution in [0.15, 0.2) is 0 Å². The highest BCUT2D eigenvalue weighted by Gasteiger charge is 2.04. The second-order valence-electron chi connectivity index (χ2n) is 1.80. The van der Waals surface area contributed by atoms with Crippen molar-refractivity contribution in [1.82, 2.24) is 0 Å². The molecule has 8 radical (unpaired) electrons. The quantitative estimate of drug-likeness (QED) is 0.437. The highest BCUT2D eigenvalue weighted by Crippen LogP contribution is 2.22. The average molecular weight is 97.3 g/mol. The van der Waals surface area contributed by atoms with Crippen molar-refractivity contribution in [3.05, 3.63) is 0 Å². The molecule has 8 heavy (non-hydrogen) atoms. The van der Waals surface area contributed by atoms with E-state index >= 15 is 0 Å². The van der Waals surface area contributed by atoms with Gasteiger partial charge >= 0.3 is 0 Å². The van der Waals surface area contributed by atoms with Gasteiger partial charge in [0.25, 0.3) is 0 Å². The van der Waals surface area contributed by atoms with Crippen LogP contribution in [0, 0.1) is 0 Å². The smallest absolute Gasteiger partial charge is 0.0682 e. The van der Waals surface area contributed by atoms with Gasteiger partial charge in [-0.1, -0.05) is 24.3 Å². The van der Waals surface area contributed by atoms with E-state index in [-0.39, 0.29) is 11.6 Å². The Balaban J connectivity index is 3.29. The van der Waals surface area contributed by atoms with Crippen LogP contribution in [0.2, 0.25) is 24.3 Å². The first kappa shape index (κ1) is 8.26. The summed E-state index contributed by atoms with van der Waals surface area (Å²) in [6.07, 6.45) is 0.802. The molecule has 0 bridgehead atoms. The van der Waals surface area contributed by atoms with Gasteiger partial charge in [0.2, 0.25) is 0 Å². The predicted molar refractivity (Wildman–Crippen MR) is 40.1 cm³/mol. The van der Waals surface area contributed by atoms with Crippen molar-refractivity contribution in [2.75, 3.05) is 0 Å². The van der Waals surface area contributed by atoms with Crippen molar-refractivity contribution in [3.8, 4) is 0 Å². The first-order chi connectivity index (χ1) is 3.72. The van der Waals surface area contributed by atoms with E-state index in [0.717, 1.165) is 0 Å². The summed E-state index contributed by atoms with van der Waals surface area (Å²) in [5, 5.41) is 0. The lowest BCUT2D eigenvalue weighted by atomic mass is 9.58. The molecule has 0 rings (SSSR count). The van der Waals surface area contributed by atoms with Crippen LogP contribution >= 0.6 is 0 Å². The van der Waals surface area contributed by atoms with Gasteiger partial charge in [-0.3, -0.25) is 0 Å². The average Bonchev–Trinajstić information content (AvgIpc) is 1.84. The summed E-state index contributed by atoms with van der Waals surface area (Å²) in [7, 11) is 21.2. The van der Waals surface area contributed by atoms with Gasteiger partial charge in [0, 0.05) is 0 Å². The first-order valence-corrected chi connectivity index (χ1v) is 2.63. The Morgan fingerprint density at radius 3 is 1.25 bits per heavy atom. The summed E-state index contributed by atoms with van der Waals surface area (Å²) < 4.78 is 0. The van der Waals surface area contributed by atoms with Crippen LogP contribution < -0.4 is 0 Å². The van der Waals surface area contributed by atoms with Crippen molar-refractivity contribution in [2.45, 2.75) is 24.3 Å². The van der Waals surface area contributed by atoms with Crippen LogP contribution in [0.4, 0.5) is 0 Å². The van der Waals surface area contributed by atoms with Gasteiger partial charge in [-0.25, -0.2) is 0 Å². The third-order valence-corrected chi connectivity index (χ3v) is 1.09. The molecule has 0 saturated carbocycles. The Morgan fingerprint density at radius 1 is 0.875 bits per heavy atom. The molecule has 2 atom stereocenters. The molecule has 0 nitrogen and oxygen atoms in total. The van der Waals surface area contributed by atoms with Crippen molar-refractivity contribution < 1.29 is 0 Å². The Kier molecular flexibility index (Phi) is 4.31. The third-order valence-electron chi connectivity index (χ3n) is 1.09. The van der Waals surface area contributed by atoms with Crippen molar-refractivity contribution in [1.29, 1.82) is 0 Å². The SMILES string of the molecule is [B]CC([B])C([B])C[B]. The molecule has 0 fully saturated rings. The number of hydrogen-bond acceptors (Lipinski definition) is 0. The molecule has 0 heterocycles. The normalized spacial score (nSPS) is 17.5. The Labute approximate surface area is 56.4 Å². The van der Waals surface area contributed by atoms with E-state index in [1.165, 1.54) is 0 Å². The van der Waals surface area contributed by atoms with E-state index in [4.69, 9.17) is 31.4 Å². The molecule has 0 aromatic carbocycles. The minimum Gasteiger partial charge on any atom is -0.0940 e. The van der Waals surface area contributed by atoms with Gasteiger partial charge in [0.15, 0.2) is 0 Å². The summed E-state index contributed by atoms with van der Waals surface area (Å²) in [5.41, 5.74) is 0. The van der Waals surface area contributed by atoms with Crippen LogP contribution in [0.25, 0.3) is 0 Å². The van der Waals surface area contributed by atoms with E-state index in [1.54, 1.807) is 0 Å². The molecular weight excluding hydrogens is 91.3 g/mol. The number of rotatable bonds is 3. The zero-order chi connectivity index (χ0) is 6.57. The molecule has 2 unspecified atom stereocenters. The fourth-order valence-electron chi connectivity index (χ4n) is 0.350. The molecule has 0 aliphatic carbocycles. The van der Waals surface area contributed by atoms with Crippen LogP contribution in [0.1, 0.15) is 0 Å². The molecule has 0 aliphatic rings. The van der Waals surface area contributed by atoms with Gasteiger partial charge in [-0.15, -0.1) is 0 Å². The molecule has 0 aromatic rings. The van der Waals surface area contributed by atoms with E-state index in [2.05, 4.69) is 0 Å². The zero-order valence-corrected chi connectivity index (χ0v) is 4.88. The molecule has 0 aliphatic heterocycles. The molecule has 34 valence electrons. The van der Waals surface area contributed by atoms with Gasteiger partial charge in [-0.05, 0) is 0 Å². The lowest BCUT2D eigenvalue weighted by molar-refractivity contribution is 0.871. The topological polar surface area (TPSA) is 0 Å². The predicted octanol–water partition coefficient (Wildman–Crippen LogP) is 0.0740.